The number of hydrogen-bond donors (Lipinski definition) is 2. The van der Waals surface area contributed by atoms with Gasteiger partial charge in [-0.15, -0.1) is 11.3 Å². The molecular formula is C19H26ClN5S. The predicted octanol–water partition coefficient (Wildman–Crippen LogP) is 3.75. The van der Waals surface area contributed by atoms with Gasteiger partial charge in [0.05, 0.1) is 22.9 Å². The van der Waals surface area contributed by atoms with Crippen molar-refractivity contribution in [3.05, 3.63) is 44.9 Å². The lowest BCUT2D eigenvalue weighted by Crippen LogP contribution is -2.51. The lowest BCUT2D eigenvalue weighted by Gasteiger charge is -2.35. The molecule has 7 heteroatoms. The molecule has 1 unspecified atom stereocenters. The minimum absolute atomic E-state index is 0.339. The zero-order valence-corrected chi connectivity index (χ0v) is 17.1. The Hall–Kier alpha value is -1.79. The van der Waals surface area contributed by atoms with Gasteiger partial charge in [-0.05, 0) is 38.8 Å². The molecule has 1 atom stereocenters. The van der Waals surface area contributed by atoms with E-state index in [1.54, 1.807) is 11.3 Å². The number of thiazole rings is 1. The van der Waals surface area contributed by atoms with E-state index in [-0.39, 0.29) is 0 Å². The highest BCUT2D eigenvalue weighted by Gasteiger charge is 2.22. The molecule has 0 radical (unpaired) electrons. The molecule has 2 N–H and O–H groups in total. The van der Waals surface area contributed by atoms with Crippen molar-refractivity contribution < 1.29 is 0 Å². The van der Waals surface area contributed by atoms with Gasteiger partial charge < -0.3 is 15.5 Å². The van der Waals surface area contributed by atoms with Crippen LogP contribution in [0.1, 0.15) is 28.4 Å². The molecule has 1 aliphatic rings. The third-order valence-electron chi connectivity index (χ3n) is 4.66. The van der Waals surface area contributed by atoms with Crippen molar-refractivity contribution >= 4 is 34.6 Å². The number of nitrogens with one attached hydrogen (secondary N) is 2. The maximum absolute atomic E-state index is 6.37. The van der Waals surface area contributed by atoms with E-state index in [9.17, 15) is 0 Å². The number of anilines is 1. The molecule has 1 fully saturated rings. The van der Waals surface area contributed by atoms with E-state index in [1.807, 2.05) is 32.2 Å². The summed E-state index contributed by atoms with van der Waals surface area (Å²) < 4.78 is 0. The Morgan fingerprint density at radius 1 is 1.38 bits per heavy atom. The number of guanidine groups is 1. The Morgan fingerprint density at radius 3 is 2.88 bits per heavy atom. The number of aliphatic imine (C=N–C) groups is 1. The average Bonchev–Trinajstić information content (AvgIpc) is 2.97. The van der Waals surface area contributed by atoms with Gasteiger partial charge in [0, 0.05) is 31.1 Å². The second kappa shape index (κ2) is 8.73. The first kappa shape index (κ1) is 19.0. The third kappa shape index (κ3) is 4.68. The molecule has 0 bridgehead atoms. The smallest absolute Gasteiger partial charge is 0.191 e. The first-order chi connectivity index (χ1) is 12.6. The van der Waals surface area contributed by atoms with Gasteiger partial charge in [-0.2, -0.15) is 0 Å². The molecule has 1 saturated heterocycles. The second-order valence-electron chi connectivity index (χ2n) is 6.56. The SMILES string of the molecule is CN=C(NCc1nc(C)c(C)s1)NC1CCCN(c2ccccc2Cl)C1. The number of hydrogen-bond acceptors (Lipinski definition) is 4. The molecule has 0 aliphatic carbocycles. The minimum Gasteiger partial charge on any atom is -0.368 e. The molecule has 0 amide bonds. The van der Waals surface area contributed by atoms with Crippen LogP contribution in [0.2, 0.25) is 5.02 Å². The van der Waals surface area contributed by atoms with Crippen molar-refractivity contribution in [3.8, 4) is 0 Å². The van der Waals surface area contributed by atoms with Crippen molar-refractivity contribution in [2.24, 2.45) is 4.99 Å². The fourth-order valence-electron chi connectivity index (χ4n) is 3.18. The van der Waals surface area contributed by atoms with Gasteiger partial charge in [0.2, 0.25) is 0 Å². The van der Waals surface area contributed by atoms with Crippen molar-refractivity contribution in [3.63, 3.8) is 0 Å². The van der Waals surface area contributed by atoms with Crippen molar-refractivity contribution in [1.29, 1.82) is 0 Å². The fraction of sp³-hybridized carbons (Fsp3) is 0.474. The highest BCUT2D eigenvalue weighted by atomic mass is 35.5. The molecule has 5 nitrogen and oxygen atoms in total. The third-order valence-corrected chi connectivity index (χ3v) is 6.05. The summed E-state index contributed by atoms with van der Waals surface area (Å²) in [5, 5.41) is 8.83. The summed E-state index contributed by atoms with van der Waals surface area (Å²) in [6.45, 7) is 6.80. The highest BCUT2D eigenvalue weighted by molar-refractivity contribution is 7.11. The second-order valence-corrected chi connectivity index (χ2v) is 8.25. The molecule has 1 aromatic carbocycles. The van der Waals surface area contributed by atoms with Gasteiger partial charge in [0.25, 0.3) is 0 Å². The maximum atomic E-state index is 6.37. The summed E-state index contributed by atoms with van der Waals surface area (Å²) in [4.78, 5) is 12.6. The zero-order chi connectivity index (χ0) is 18.5. The molecule has 0 saturated carbocycles. The van der Waals surface area contributed by atoms with Crippen molar-refractivity contribution in [1.82, 2.24) is 15.6 Å². The number of rotatable bonds is 4. The van der Waals surface area contributed by atoms with Gasteiger partial charge >= 0.3 is 0 Å². The number of aromatic nitrogens is 1. The largest absolute Gasteiger partial charge is 0.368 e. The molecule has 0 spiro atoms. The summed E-state index contributed by atoms with van der Waals surface area (Å²) >= 11 is 8.10. The fourth-order valence-corrected chi connectivity index (χ4v) is 4.31. The predicted molar refractivity (Wildman–Crippen MR) is 112 cm³/mol. The van der Waals surface area contributed by atoms with Crippen LogP contribution in [0, 0.1) is 13.8 Å². The molecular weight excluding hydrogens is 366 g/mol. The lowest BCUT2D eigenvalue weighted by molar-refractivity contribution is 0.468. The number of para-hydroxylation sites is 1. The van der Waals surface area contributed by atoms with E-state index in [2.05, 4.69) is 38.5 Å². The number of nitrogens with zero attached hydrogens (tertiary/aromatic N) is 3. The van der Waals surface area contributed by atoms with E-state index < -0.39 is 0 Å². The normalized spacial score (nSPS) is 18.1. The molecule has 3 rings (SSSR count). The van der Waals surface area contributed by atoms with Gasteiger partial charge in [0.1, 0.15) is 5.01 Å². The van der Waals surface area contributed by atoms with E-state index in [0.717, 1.165) is 53.3 Å². The zero-order valence-electron chi connectivity index (χ0n) is 15.6. The van der Waals surface area contributed by atoms with Gasteiger partial charge in [-0.25, -0.2) is 4.98 Å². The van der Waals surface area contributed by atoms with Crippen LogP contribution in [0.25, 0.3) is 0 Å². The average molecular weight is 392 g/mol. The molecule has 1 aliphatic heterocycles. The van der Waals surface area contributed by atoms with Crippen LogP contribution in [0.4, 0.5) is 5.69 Å². The quantitative estimate of drug-likeness (QED) is 0.615. The van der Waals surface area contributed by atoms with Crippen LogP contribution in [-0.2, 0) is 6.54 Å². The van der Waals surface area contributed by atoms with Gasteiger partial charge in [0.15, 0.2) is 5.96 Å². The number of aryl methyl sites for hydroxylation is 2. The minimum atomic E-state index is 0.339. The molecule has 2 heterocycles. The molecule has 26 heavy (non-hydrogen) atoms. The summed E-state index contributed by atoms with van der Waals surface area (Å²) in [7, 11) is 1.81. The van der Waals surface area contributed by atoms with Crippen molar-refractivity contribution in [2.75, 3.05) is 25.0 Å². The maximum Gasteiger partial charge on any atom is 0.191 e. The van der Waals surface area contributed by atoms with Crippen LogP contribution in [0.15, 0.2) is 29.3 Å². The van der Waals surface area contributed by atoms with E-state index in [4.69, 9.17) is 11.6 Å². The van der Waals surface area contributed by atoms with Gasteiger partial charge in [-0.3, -0.25) is 4.99 Å². The summed E-state index contributed by atoms with van der Waals surface area (Å²) in [5.74, 6) is 0.821. The molecule has 1 aromatic heterocycles. The van der Waals surface area contributed by atoms with Gasteiger partial charge in [-0.1, -0.05) is 23.7 Å². The van der Waals surface area contributed by atoms with E-state index in [1.165, 1.54) is 4.88 Å². The number of benzene rings is 1. The Labute approximate surface area is 164 Å². The molecule has 2 aromatic rings. The number of halogens is 1. The topological polar surface area (TPSA) is 52.6 Å². The van der Waals surface area contributed by atoms with Crippen LogP contribution in [0.5, 0.6) is 0 Å². The van der Waals surface area contributed by atoms with Crippen molar-refractivity contribution in [2.45, 2.75) is 39.3 Å². The molecule has 140 valence electrons. The Morgan fingerprint density at radius 2 is 2.19 bits per heavy atom. The number of piperidine rings is 1. The standard InChI is InChI=1S/C19H26ClN5S/c1-13-14(2)26-18(23-13)11-22-19(21-3)24-15-7-6-10-25(12-15)17-9-5-4-8-16(17)20/h4-5,8-9,15H,6-7,10-12H2,1-3H3,(H2,21,22,24). The first-order valence-corrected chi connectivity index (χ1v) is 10.2. The Balaban J connectivity index is 1.57. The van der Waals surface area contributed by atoms with E-state index in [0.29, 0.717) is 12.6 Å². The van der Waals surface area contributed by atoms with Crippen LogP contribution in [-0.4, -0.2) is 37.1 Å². The highest BCUT2D eigenvalue weighted by Crippen LogP contribution is 2.27. The van der Waals surface area contributed by atoms with Crippen LogP contribution < -0.4 is 15.5 Å². The summed E-state index contributed by atoms with van der Waals surface area (Å²) in [5.41, 5.74) is 2.22. The van der Waals surface area contributed by atoms with Crippen LogP contribution in [0.3, 0.4) is 0 Å². The van der Waals surface area contributed by atoms with Crippen LogP contribution >= 0.6 is 22.9 Å². The van der Waals surface area contributed by atoms with E-state index >= 15 is 0 Å². The Kier molecular flexibility index (Phi) is 6.38. The monoisotopic (exact) mass is 391 g/mol. The first-order valence-electron chi connectivity index (χ1n) is 8.96. The lowest BCUT2D eigenvalue weighted by atomic mass is 10.0. The Bertz CT molecular complexity index is 754. The summed E-state index contributed by atoms with van der Waals surface area (Å²) in [6, 6.07) is 8.39. The summed E-state index contributed by atoms with van der Waals surface area (Å²) in [6.07, 6.45) is 2.25.